The van der Waals surface area contributed by atoms with E-state index in [0.717, 1.165) is 7.11 Å². The maximum Gasteiger partial charge on any atom is 0.299 e. The molecule has 0 bridgehead atoms. The highest BCUT2D eigenvalue weighted by atomic mass is 127. The van der Waals surface area contributed by atoms with Gasteiger partial charge in [0.25, 0.3) is 10.2 Å². The van der Waals surface area contributed by atoms with Crippen molar-refractivity contribution in [2.75, 3.05) is 17.1 Å². The topological polar surface area (TPSA) is 99.7 Å². The Bertz CT molecular complexity index is 1100. The number of aliphatic hydroxyl groups excluding tert-OH is 1. The summed E-state index contributed by atoms with van der Waals surface area (Å²) in [6, 6.07) is 4.71. The molecule has 0 spiro atoms. The molecule has 0 saturated heterocycles. The van der Waals surface area contributed by atoms with Crippen LogP contribution < -0.4 is 19.5 Å². The summed E-state index contributed by atoms with van der Waals surface area (Å²) >= 11 is 1.89. The van der Waals surface area contributed by atoms with E-state index in [1.807, 2.05) is 22.6 Å². The molecule has 1 saturated carbocycles. The molecule has 1 aliphatic rings. The molecule has 170 valence electrons. The number of halogens is 4. The molecular weight excluding hydrogens is 550 g/mol. The van der Waals surface area contributed by atoms with Crippen LogP contribution in [0.5, 0.6) is 5.75 Å². The first-order valence-electron chi connectivity index (χ1n) is 9.21. The van der Waals surface area contributed by atoms with Gasteiger partial charge in [-0.05, 0) is 67.0 Å². The van der Waals surface area contributed by atoms with Crippen LogP contribution in [-0.4, -0.2) is 32.3 Å². The van der Waals surface area contributed by atoms with Gasteiger partial charge in [-0.3, -0.25) is 4.72 Å². The third-order valence-electron chi connectivity index (χ3n) is 4.93. The second kappa shape index (κ2) is 9.00. The summed E-state index contributed by atoms with van der Waals surface area (Å²) in [5.74, 6) is -3.78. The third-order valence-corrected chi connectivity index (χ3v) is 6.83. The minimum atomic E-state index is -4.31. The molecule has 1 aliphatic carbocycles. The zero-order valence-corrected chi connectivity index (χ0v) is 19.6. The summed E-state index contributed by atoms with van der Waals surface area (Å²) < 4.78 is 78.8. The zero-order valence-electron chi connectivity index (χ0n) is 16.6. The Balaban J connectivity index is 2.01. The van der Waals surface area contributed by atoms with Crippen molar-refractivity contribution >= 4 is 49.9 Å². The highest BCUT2D eigenvalue weighted by molar-refractivity contribution is 14.1. The van der Waals surface area contributed by atoms with Crippen molar-refractivity contribution in [3.05, 3.63) is 45.3 Å². The molecule has 0 aromatic heterocycles. The molecule has 2 aromatic carbocycles. The smallest absolute Gasteiger partial charge is 0.299 e. The summed E-state index contributed by atoms with van der Waals surface area (Å²) in [6.45, 7) is 1.63. The second-order valence-electron chi connectivity index (χ2n) is 7.54. The van der Waals surface area contributed by atoms with Gasteiger partial charge in [-0.25, -0.2) is 13.2 Å². The third kappa shape index (κ3) is 5.54. The number of benzene rings is 2. The van der Waals surface area contributed by atoms with Gasteiger partial charge in [0.1, 0.15) is 22.9 Å². The van der Waals surface area contributed by atoms with Gasteiger partial charge in [0.15, 0.2) is 11.6 Å². The van der Waals surface area contributed by atoms with E-state index in [0.29, 0.717) is 22.5 Å². The standard InChI is InChI=1S/C19H21F3IN3O4S/c1-19(6-5-11(27)9-19)26-31(28,29)25-17-15(30-2)8-13(21)16(22)18(17)24-14-4-3-10(23)7-12(14)20/h3-4,7-8,11,24-27H,5-6,9H2,1-2H3. The van der Waals surface area contributed by atoms with Gasteiger partial charge < -0.3 is 15.2 Å². The van der Waals surface area contributed by atoms with Crippen LogP contribution in [0, 0.1) is 21.0 Å². The molecule has 2 atom stereocenters. The first-order valence-corrected chi connectivity index (χ1v) is 11.8. The normalized spacial score (nSPS) is 21.2. The fourth-order valence-corrected chi connectivity index (χ4v) is 5.30. The number of ether oxygens (including phenoxy) is 1. The fraction of sp³-hybridized carbons (Fsp3) is 0.368. The number of nitrogens with one attached hydrogen (secondary N) is 3. The summed E-state index contributed by atoms with van der Waals surface area (Å²) in [4.78, 5) is 0. The molecule has 0 radical (unpaired) electrons. The predicted octanol–water partition coefficient (Wildman–Crippen LogP) is 4.01. The lowest BCUT2D eigenvalue weighted by molar-refractivity contribution is 0.174. The van der Waals surface area contributed by atoms with Crippen LogP contribution in [0.15, 0.2) is 24.3 Å². The number of methoxy groups -OCH3 is 1. The van der Waals surface area contributed by atoms with Crippen molar-refractivity contribution < 1.29 is 31.4 Å². The van der Waals surface area contributed by atoms with Crippen LogP contribution in [-0.2, 0) is 10.2 Å². The average molecular weight is 571 g/mol. The van der Waals surface area contributed by atoms with Gasteiger partial charge >= 0.3 is 0 Å². The second-order valence-corrected chi connectivity index (χ2v) is 10.2. The zero-order chi connectivity index (χ0) is 23.0. The minimum Gasteiger partial charge on any atom is -0.494 e. The highest BCUT2D eigenvalue weighted by Gasteiger charge is 2.38. The number of rotatable bonds is 7. The van der Waals surface area contributed by atoms with Gasteiger partial charge in [-0.1, -0.05) is 0 Å². The first kappa shape index (κ1) is 23.9. The summed E-state index contributed by atoms with van der Waals surface area (Å²) in [5, 5.41) is 12.2. The quantitative estimate of drug-likeness (QED) is 0.377. The van der Waals surface area contributed by atoms with Crippen LogP contribution in [0.2, 0.25) is 0 Å². The highest BCUT2D eigenvalue weighted by Crippen LogP contribution is 2.40. The lowest BCUT2D eigenvalue weighted by Gasteiger charge is -2.26. The number of aliphatic hydroxyl groups is 1. The van der Waals surface area contributed by atoms with Gasteiger partial charge in [0.05, 0.1) is 18.9 Å². The van der Waals surface area contributed by atoms with E-state index >= 15 is 0 Å². The Hall–Kier alpha value is -1.77. The van der Waals surface area contributed by atoms with Gasteiger partial charge in [-0.2, -0.15) is 13.1 Å². The van der Waals surface area contributed by atoms with Gasteiger partial charge in [0.2, 0.25) is 0 Å². The van der Waals surface area contributed by atoms with E-state index in [4.69, 9.17) is 4.74 Å². The van der Waals surface area contributed by atoms with Crippen molar-refractivity contribution in [1.29, 1.82) is 0 Å². The van der Waals surface area contributed by atoms with Crippen LogP contribution >= 0.6 is 22.6 Å². The lowest BCUT2D eigenvalue weighted by atomic mass is 10.0. The van der Waals surface area contributed by atoms with Crippen molar-refractivity contribution in [3.63, 3.8) is 0 Å². The maximum atomic E-state index is 14.7. The first-order chi connectivity index (χ1) is 14.4. The fourth-order valence-electron chi connectivity index (χ4n) is 3.49. The molecule has 2 aromatic rings. The van der Waals surface area contributed by atoms with Crippen molar-refractivity contribution in [2.45, 2.75) is 37.8 Å². The Morgan fingerprint density at radius 2 is 1.90 bits per heavy atom. The van der Waals surface area contributed by atoms with Crippen LogP contribution in [0.25, 0.3) is 0 Å². The largest absolute Gasteiger partial charge is 0.494 e. The molecule has 0 aliphatic heterocycles. The molecule has 12 heteroatoms. The van der Waals surface area contributed by atoms with E-state index in [9.17, 15) is 26.7 Å². The lowest BCUT2D eigenvalue weighted by Crippen LogP contribution is -2.46. The predicted molar refractivity (Wildman–Crippen MR) is 119 cm³/mol. The molecule has 2 unspecified atom stereocenters. The molecule has 7 nitrogen and oxygen atoms in total. The molecule has 3 rings (SSSR count). The molecule has 0 amide bonds. The molecular formula is C19H21F3IN3O4S. The monoisotopic (exact) mass is 571 g/mol. The van der Waals surface area contributed by atoms with E-state index in [-0.39, 0.29) is 17.9 Å². The van der Waals surface area contributed by atoms with Crippen LogP contribution in [0.3, 0.4) is 0 Å². The Morgan fingerprint density at radius 1 is 1.19 bits per heavy atom. The van der Waals surface area contributed by atoms with E-state index < -0.39 is 50.7 Å². The number of hydrogen-bond donors (Lipinski definition) is 4. The van der Waals surface area contributed by atoms with Crippen molar-refractivity contribution in [1.82, 2.24) is 4.72 Å². The minimum absolute atomic E-state index is 0.189. The van der Waals surface area contributed by atoms with E-state index in [1.54, 1.807) is 6.92 Å². The molecule has 1 fully saturated rings. The van der Waals surface area contributed by atoms with Crippen LogP contribution in [0.1, 0.15) is 26.2 Å². The van der Waals surface area contributed by atoms with Crippen LogP contribution in [0.4, 0.5) is 30.2 Å². The Morgan fingerprint density at radius 3 is 2.48 bits per heavy atom. The number of hydrogen-bond acceptors (Lipinski definition) is 5. The molecule has 0 heterocycles. The maximum absolute atomic E-state index is 14.7. The summed E-state index contributed by atoms with van der Waals surface area (Å²) in [7, 11) is -3.15. The molecule has 4 N–H and O–H groups in total. The number of anilines is 3. The summed E-state index contributed by atoms with van der Waals surface area (Å²) in [6.07, 6.45) is 0.364. The average Bonchev–Trinajstić information content (AvgIpc) is 3.00. The van der Waals surface area contributed by atoms with Crippen molar-refractivity contribution in [2.24, 2.45) is 0 Å². The molecule has 31 heavy (non-hydrogen) atoms. The Kier molecular flexibility index (Phi) is 6.93. The van der Waals surface area contributed by atoms with Crippen molar-refractivity contribution in [3.8, 4) is 5.75 Å². The SMILES string of the molecule is COc1cc(F)c(F)c(Nc2ccc(I)cc2F)c1NS(=O)(=O)NC1(C)CCC(O)C1. The van der Waals surface area contributed by atoms with E-state index in [2.05, 4.69) is 14.8 Å². The van der Waals surface area contributed by atoms with Gasteiger partial charge in [-0.15, -0.1) is 0 Å². The Labute approximate surface area is 191 Å². The summed E-state index contributed by atoms with van der Waals surface area (Å²) in [5.41, 5.74) is -2.19. The van der Waals surface area contributed by atoms with E-state index in [1.165, 1.54) is 18.2 Å². The van der Waals surface area contributed by atoms with Gasteiger partial charge in [0, 0.05) is 15.2 Å².